The van der Waals surface area contributed by atoms with Gasteiger partial charge in [-0.3, -0.25) is 19.6 Å². The zero-order valence-electron chi connectivity index (χ0n) is 29.3. The largest absolute Gasteiger partial charge is 0.490 e. The van der Waals surface area contributed by atoms with E-state index in [9.17, 15) is 4.79 Å². The summed E-state index contributed by atoms with van der Waals surface area (Å²) in [5.41, 5.74) is 3.01. The predicted octanol–water partition coefficient (Wildman–Crippen LogP) is 4.34. The van der Waals surface area contributed by atoms with Gasteiger partial charge in [0.15, 0.2) is 17.4 Å². The lowest BCUT2D eigenvalue weighted by Gasteiger charge is -2.58. The number of carbonyl (C=O) groups is 1. The van der Waals surface area contributed by atoms with Gasteiger partial charge in [0, 0.05) is 93.1 Å². The van der Waals surface area contributed by atoms with Gasteiger partial charge in [0.05, 0.1) is 12.2 Å². The Morgan fingerprint density at radius 1 is 1.10 bits per heavy atom. The van der Waals surface area contributed by atoms with Gasteiger partial charge in [-0.1, -0.05) is 0 Å². The van der Waals surface area contributed by atoms with Gasteiger partial charge in [-0.2, -0.15) is 0 Å². The molecule has 8 rings (SSSR count). The summed E-state index contributed by atoms with van der Waals surface area (Å²) in [5, 5.41) is 8.03. The van der Waals surface area contributed by atoms with Crippen molar-refractivity contribution in [1.82, 2.24) is 34.9 Å². The molecule has 1 saturated carbocycles. The third-order valence-corrected chi connectivity index (χ3v) is 11.2. The van der Waals surface area contributed by atoms with Crippen LogP contribution in [0.2, 0.25) is 0 Å². The SMILES string of the molecule is CCN(C(=O)c1ccc(Oc2nncnc2N2CC3(CC(Oc4ccnc5c4CN(CCCN4CC6(CCO6)C4)CC5)C3)C2)c(F)c1)C(C)C. The second kappa shape index (κ2) is 13.3. The number of halogens is 1. The number of rotatable bonds is 12. The second-order valence-corrected chi connectivity index (χ2v) is 15.1. The van der Waals surface area contributed by atoms with Crippen LogP contribution in [-0.4, -0.2) is 117 Å². The van der Waals surface area contributed by atoms with Crippen molar-refractivity contribution in [1.29, 1.82) is 0 Å². The summed E-state index contributed by atoms with van der Waals surface area (Å²) in [6.45, 7) is 15.1. The second-order valence-electron chi connectivity index (χ2n) is 15.1. The molecule has 12 nitrogen and oxygen atoms in total. The zero-order valence-corrected chi connectivity index (χ0v) is 29.3. The van der Waals surface area contributed by atoms with Crippen molar-refractivity contribution in [3.63, 3.8) is 0 Å². The van der Waals surface area contributed by atoms with E-state index in [1.54, 1.807) is 11.0 Å². The summed E-state index contributed by atoms with van der Waals surface area (Å²) in [6, 6.07) is 6.29. The van der Waals surface area contributed by atoms with Crippen LogP contribution >= 0.6 is 0 Å². The van der Waals surface area contributed by atoms with Crippen LogP contribution in [0.1, 0.15) is 68.1 Å². The Morgan fingerprint density at radius 2 is 1.90 bits per heavy atom. The average molecular weight is 687 g/mol. The number of pyridine rings is 1. The molecule has 266 valence electrons. The van der Waals surface area contributed by atoms with Crippen LogP contribution in [0.3, 0.4) is 0 Å². The number of likely N-dealkylation sites (tertiary alicyclic amines) is 1. The predicted molar refractivity (Wildman–Crippen MR) is 184 cm³/mol. The molecule has 2 spiro atoms. The van der Waals surface area contributed by atoms with E-state index >= 15 is 4.39 Å². The maximum Gasteiger partial charge on any atom is 0.282 e. The average Bonchev–Trinajstić information content (AvgIpc) is 3.03. The molecule has 1 aromatic carbocycles. The molecule has 6 heterocycles. The highest BCUT2D eigenvalue weighted by molar-refractivity contribution is 5.94. The third kappa shape index (κ3) is 6.39. The summed E-state index contributed by atoms with van der Waals surface area (Å²) < 4.78 is 33.4. The maximum atomic E-state index is 15.2. The van der Waals surface area contributed by atoms with E-state index in [-0.39, 0.29) is 46.3 Å². The lowest BCUT2D eigenvalue weighted by Crippen LogP contribution is -2.68. The van der Waals surface area contributed by atoms with Gasteiger partial charge in [-0.25, -0.2) is 9.37 Å². The highest BCUT2D eigenvalue weighted by atomic mass is 19.1. The number of benzene rings is 1. The van der Waals surface area contributed by atoms with E-state index in [2.05, 4.69) is 29.9 Å². The monoisotopic (exact) mass is 686 g/mol. The number of amides is 1. The Hall–Kier alpha value is -3.94. The summed E-state index contributed by atoms with van der Waals surface area (Å²) in [6.07, 6.45) is 8.66. The van der Waals surface area contributed by atoms with Gasteiger partial charge in [0.2, 0.25) is 0 Å². The first kappa shape index (κ1) is 33.2. The Labute approximate surface area is 292 Å². The Kier molecular flexibility index (Phi) is 8.84. The van der Waals surface area contributed by atoms with E-state index in [1.165, 1.54) is 30.4 Å². The van der Waals surface area contributed by atoms with Crippen molar-refractivity contribution >= 4 is 11.7 Å². The van der Waals surface area contributed by atoms with Gasteiger partial charge in [0.1, 0.15) is 18.2 Å². The van der Waals surface area contributed by atoms with Crippen molar-refractivity contribution in [3.8, 4) is 17.4 Å². The van der Waals surface area contributed by atoms with Crippen molar-refractivity contribution in [2.45, 2.75) is 77.2 Å². The van der Waals surface area contributed by atoms with Crippen molar-refractivity contribution in [3.05, 3.63) is 59.4 Å². The van der Waals surface area contributed by atoms with Crippen LogP contribution in [0, 0.1) is 11.2 Å². The van der Waals surface area contributed by atoms with Gasteiger partial charge in [0.25, 0.3) is 11.8 Å². The van der Waals surface area contributed by atoms with E-state index in [4.69, 9.17) is 19.2 Å². The first-order valence-electron chi connectivity index (χ1n) is 18.2. The minimum absolute atomic E-state index is 0.00938. The van der Waals surface area contributed by atoms with Crippen LogP contribution in [0.15, 0.2) is 36.8 Å². The molecule has 4 fully saturated rings. The summed E-state index contributed by atoms with van der Waals surface area (Å²) in [7, 11) is 0. The maximum absolute atomic E-state index is 15.2. The lowest BCUT2D eigenvalue weighted by atomic mass is 9.61. The van der Waals surface area contributed by atoms with Crippen LogP contribution in [0.4, 0.5) is 10.2 Å². The summed E-state index contributed by atoms with van der Waals surface area (Å²) in [5.74, 6) is 0.743. The molecule has 3 aromatic rings. The highest BCUT2D eigenvalue weighted by Crippen LogP contribution is 2.52. The number of ether oxygens (including phenoxy) is 3. The van der Waals surface area contributed by atoms with E-state index in [0.29, 0.717) is 12.4 Å². The molecule has 2 aromatic heterocycles. The van der Waals surface area contributed by atoms with E-state index in [1.807, 2.05) is 33.0 Å². The van der Waals surface area contributed by atoms with Gasteiger partial charge >= 0.3 is 0 Å². The molecule has 1 amide bonds. The Morgan fingerprint density at radius 3 is 2.62 bits per heavy atom. The van der Waals surface area contributed by atoms with Crippen LogP contribution in [0.5, 0.6) is 17.4 Å². The number of hydrogen-bond donors (Lipinski definition) is 0. The van der Waals surface area contributed by atoms with Gasteiger partial charge < -0.3 is 24.0 Å². The number of anilines is 1. The molecule has 0 atom stereocenters. The molecule has 3 saturated heterocycles. The van der Waals surface area contributed by atoms with E-state index < -0.39 is 5.82 Å². The fraction of sp³-hybridized carbons (Fsp3) is 0.595. The Bertz CT molecular complexity index is 1720. The molecular formula is C37H47FN8O4. The molecule has 50 heavy (non-hydrogen) atoms. The number of carbonyl (C=O) groups excluding carboxylic acids is 1. The Balaban J connectivity index is 0.833. The summed E-state index contributed by atoms with van der Waals surface area (Å²) in [4.78, 5) is 30.9. The van der Waals surface area contributed by atoms with Crippen molar-refractivity contribution < 1.29 is 23.4 Å². The number of hydrogen-bond acceptors (Lipinski definition) is 11. The topological polar surface area (TPSA) is 109 Å². The third-order valence-electron chi connectivity index (χ3n) is 11.2. The fourth-order valence-electron chi connectivity index (χ4n) is 8.47. The molecule has 5 aliphatic rings. The molecule has 0 unspecified atom stereocenters. The highest BCUT2D eigenvalue weighted by Gasteiger charge is 2.54. The van der Waals surface area contributed by atoms with Crippen LogP contribution in [0.25, 0.3) is 0 Å². The molecule has 0 bridgehead atoms. The molecule has 1 aliphatic carbocycles. The number of aromatic nitrogens is 4. The minimum atomic E-state index is -0.642. The summed E-state index contributed by atoms with van der Waals surface area (Å²) >= 11 is 0. The first-order chi connectivity index (χ1) is 24.2. The molecule has 0 radical (unpaired) electrons. The lowest BCUT2D eigenvalue weighted by molar-refractivity contribution is -0.221. The molecule has 13 heteroatoms. The molecule has 4 aliphatic heterocycles. The van der Waals surface area contributed by atoms with E-state index in [0.717, 1.165) is 96.1 Å². The molecule has 0 N–H and O–H groups in total. The standard InChI is InChI=1S/C37H47FN8O4/c1-4-46(25(2)3)35(47)26-6-7-32(29(38)16-26)50-34-33(40-24-41-42-34)45-20-36(21-45)17-27(18-36)49-31-8-11-39-30-9-14-43(19-28(30)31)12-5-13-44-22-37(23-44)10-15-48-37/h6-8,11,16,24-25,27H,4-5,9-10,12-15,17-23H2,1-3H3. The van der Waals surface area contributed by atoms with Crippen LogP contribution < -0.4 is 14.4 Å². The smallest absolute Gasteiger partial charge is 0.282 e. The number of nitrogens with zero attached hydrogens (tertiary/aromatic N) is 8. The minimum Gasteiger partial charge on any atom is -0.490 e. The zero-order chi connectivity index (χ0) is 34.5. The van der Waals surface area contributed by atoms with Crippen molar-refractivity contribution in [2.75, 3.05) is 63.9 Å². The number of fused-ring (bicyclic) bond motifs is 1. The normalized spacial score (nSPS) is 20.9. The fourth-order valence-corrected chi connectivity index (χ4v) is 8.47. The quantitative estimate of drug-likeness (QED) is 0.272. The van der Waals surface area contributed by atoms with Gasteiger partial charge in [-0.15, -0.1) is 10.2 Å². The van der Waals surface area contributed by atoms with Crippen molar-refractivity contribution in [2.24, 2.45) is 5.41 Å². The van der Waals surface area contributed by atoms with Crippen LogP contribution in [-0.2, 0) is 17.7 Å². The molecular weight excluding hydrogens is 639 g/mol. The first-order valence-corrected chi connectivity index (χ1v) is 18.2. The van der Waals surface area contributed by atoms with Gasteiger partial charge in [-0.05, 0) is 77.4 Å².